The zero-order valence-corrected chi connectivity index (χ0v) is 13.2. The molecule has 0 saturated heterocycles. The number of aromatic amines is 1. The Morgan fingerprint density at radius 3 is 2.76 bits per heavy atom. The molecule has 1 aromatic carbocycles. The predicted molar refractivity (Wildman–Crippen MR) is 86.1 cm³/mol. The fourth-order valence-corrected chi connectivity index (χ4v) is 4.67. The van der Waals surface area contributed by atoms with Gasteiger partial charge in [0, 0.05) is 30.7 Å². The summed E-state index contributed by atoms with van der Waals surface area (Å²) in [6, 6.07) is 11.4. The zero-order valence-electron chi connectivity index (χ0n) is 11.6. The minimum absolute atomic E-state index is 0.393. The number of rotatable bonds is 5. The van der Waals surface area contributed by atoms with Gasteiger partial charge in [-0.05, 0) is 29.5 Å². The van der Waals surface area contributed by atoms with Crippen LogP contribution in [0.25, 0.3) is 10.9 Å². The van der Waals surface area contributed by atoms with E-state index in [4.69, 9.17) is 0 Å². The Hall–Kier alpha value is -1.63. The number of likely N-dealkylation sites (N-methyl/N-ethyl adjacent to an activating group) is 1. The van der Waals surface area contributed by atoms with Crippen molar-refractivity contribution < 1.29 is 8.42 Å². The quantitative estimate of drug-likeness (QED) is 0.785. The molecule has 0 bridgehead atoms. The molecule has 0 saturated carbocycles. The van der Waals surface area contributed by atoms with E-state index in [0.717, 1.165) is 16.5 Å². The minimum Gasteiger partial charge on any atom is -0.361 e. The summed E-state index contributed by atoms with van der Waals surface area (Å²) in [6.45, 7) is 0.460. The van der Waals surface area contributed by atoms with E-state index in [1.54, 1.807) is 24.6 Å². The average Bonchev–Trinajstić information content (AvgIpc) is 3.14. The van der Waals surface area contributed by atoms with Crippen LogP contribution in [0.5, 0.6) is 0 Å². The van der Waals surface area contributed by atoms with Gasteiger partial charge in [0.2, 0.25) is 0 Å². The normalized spacial score (nSPS) is 12.3. The molecule has 1 N–H and O–H groups in total. The summed E-state index contributed by atoms with van der Waals surface area (Å²) >= 11 is 1.25. The number of thiophene rings is 1. The van der Waals surface area contributed by atoms with Crippen LogP contribution in [0.1, 0.15) is 5.56 Å². The molecule has 3 rings (SSSR count). The van der Waals surface area contributed by atoms with Crippen molar-refractivity contribution in [3.63, 3.8) is 0 Å². The number of hydrogen-bond donors (Lipinski definition) is 1. The summed E-state index contributed by atoms with van der Waals surface area (Å²) in [5.41, 5.74) is 2.22. The lowest BCUT2D eigenvalue weighted by Gasteiger charge is -2.15. The van der Waals surface area contributed by atoms with E-state index in [0.29, 0.717) is 17.2 Å². The summed E-state index contributed by atoms with van der Waals surface area (Å²) in [5.74, 6) is 0. The van der Waals surface area contributed by atoms with Crippen molar-refractivity contribution >= 4 is 32.3 Å². The summed E-state index contributed by atoms with van der Waals surface area (Å²) < 4.78 is 26.5. The van der Waals surface area contributed by atoms with Gasteiger partial charge in [-0.1, -0.05) is 24.3 Å². The third-order valence-electron chi connectivity index (χ3n) is 3.53. The van der Waals surface area contributed by atoms with Gasteiger partial charge in [-0.15, -0.1) is 11.3 Å². The van der Waals surface area contributed by atoms with Crippen molar-refractivity contribution in [2.75, 3.05) is 13.6 Å². The predicted octanol–water partition coefficient (Wildman–Crippen LogP) is 3.09. The van der Waals surface area contributed by atoms with E-state index in [-0.39, 0.29) is 0 Å². The summed E-state index contributed by atoms with van der Waals surface area (Å²) in [6.07, 6.45) is 2.64. The van der Waals surface area contributed by atoms with Crippen LogP contribution >= 0.6 is 11.3 Å². The molecule has 0 radical (unpaired) electrons. The first-order valence-electron chi connectivity index (χ1n) is 6.64. The molecule has 0 amide bonds. The fourth-order valence-electron chi connectivity index (χ4n) is 2.30. The highest BCUT2D eigenvalue weighted by Crippen LogP contribution is 2.22. The molecule has 2 aromatic heterocycles. The molecule has 6 heteroatoms. The highest BCUT2D eigenvalue weighted by Gasteiger charge is 2.21. The lowest BCUT2D eigenvalue weighted by Crippen LogP contribution is -2.28. The molecule has 21 heavy (non-hydrogen) atoms. The van der Waals surface area contributed by atoms with Gasteiger partial charge in [0.1, 0.15) is 4.21 Å². The lowest BCUT2D eigenvalue weighted by atomic mass is 10.1. The number of H-pyrrole nitrogens is 1. The van der Waals surface area contributed by atoms with Crippen molar-refractivity contribution in [2.24, 2.45) is 0 Å². The molecule has 0 atom stereocenters. The Morgan fingerprint density at radius 1 is 1.19 bits per heavy atom. The molecule has 2 heterocycles. The Labute approximate surface area is 128 Å². The molecule has 110 valence electrons. The lowest BCUT2D eigenvalue weighted by molar-refractivity contribution is 0.474. The molecule has 0 aliphatic rings. The first kappa shape index (κ1) is 14.3. The molecule has 0 aliphatic carbocycles. The second-order valence-corrected chi connectivity index (χ2v) is 8.09. The molecule has 0 aliphatic heterocycles. The highest BCUT2D eigenvalue weighted by molar-refractivity contribution is 7.91. The molecule has 0 spiro atoms. The largest absolute Gasteiger partial charge is 0.361 e. The van der Waals surface area contributed by atoms with E-state index >= 15 is 0 Å². The first-order chi connectivity index (χ1) is 10.1. The second kappa shape index (κ2) is 5.63. The SMILES string of the molecule is CN(CCc1c[nH]c2ccccc12)S(=O)(=O)c1cccs1. The van der Waals surface area contributed by atoms with Gasteiger partial charge in [-0.3, -0.25) is 0 Å². The number of nitrogens with one attached hydrogen (secondary N) is 1. The van der Waals surface area contributed by atoms with Gasteiger partial charge in [0.05, 0.1) is 0 Å². The number of nitrogens with zero attached hydrogens (tertiary/aromatic N) is 1. The maximum atomic E-state index is 12.3. The van der Waals surface area contributed by atoms with Gasteiger partial charge < -0.3 is 4.98 Å². The highest BCUT2D eigenvalue weighted by atomic mass is 32.2. The van der Waals surface area contributed by atoms with Gasteiger partial charge in [0.15, 0.2) is 0 Å². The Morgan fingerprint density at radius 2 is 2.00 bits per heavy atom. The van der Waals surface area contributed by atoms with Crippen LogP contribution < -0.4 is 0 Å². The van der Waals surface area contributed by atoms with Crippen LogP contribution in [0, 0.1) is 0 Å². The summed E-state index contributed by atoms with van der Waals surface area (Å²) in [5, 5.41) is 2.93. The van der Waals surface area contributed by atoms with Gasteiger partial charge in [-0.25, -0.2) is 8.42 Å². The van der Waals surface area contributed by atoms with Gasteiger partial charge >= 0.3 is 0 Å². The molecule has 4 nitrogen and oxygen atoms in total. The van der Waals surface area contributed by atoms with Crippen molar-refractivity contribution in [3.8, 4) is 0 Å². The number of fused-ring (bicyclic) bond motifs is 1. The number of benzene rings is 1. The van der Waals surface area contributed by atoms with E-state index in [1.165, 1.54) is 15.6 Å². The third kappa shape index (κ3) is 2.74. The molecule has 3 aromatic rings. The van der Waals surface area contributed by atoms with Crippen LogP contribution in [-0.2, 0) is 16.4 Å². The van der Waals surface area contributed by atoms with Crippen molar-refractivity contribution in [1.82, 2.24) is 9.29 Å². The number of hydrogen-bond acceptors (Lipinski definition) is 3. The zero-order chi connectivity index (χ0) is 14.9. The minimum atomic E-state index is -3.36. The Kier molecular flexibility index (Phi) is 3.84. The van der Waals surface area contributed by atoms with Crippen LogP contribution in [0.2, 0.25) is 0 Å². The van der Waals surface area contributed by atoms with E-state index < -0.39 is 10.0 Å². The number of sulfonamides is 1. The molecular formula is C15H16N2O2S2. The van der Waals surface area contributed by atoms with E-state index in [9.17, 15) is 8.42 Å². The Bertz CT molecular complexity index is 836. The number of para-hydroxylation sites is 1. The van der Waals surface area contributed by atoms with Crippen LogP contribution in [-0.4, -0.2) is 31.3 Å². The molecule has 0 unspecified atom stereocenters. The van der Waals surface area contributed by atoms with Gasteiger partial charge in [0.25, 0.3) is 10.0 Å². The second-order valence-electron chi connectivity index (χ2n) is 4.87. The van der Waals surface area contributed by atoms with E-state index in [1.807, 2.05) is 24.4 Å². The average molecular weight is 320 g/mol. The molecular weight excluding hydrogens is 304 g/mol. The smallest absolute Gasteiger partial charge is 0.252 e. The van der Waals surface area contributed by atoms with Crippen molar-refractivity contribution in [2.45, 2.75) is 10.6 Å². The summed E-state index contributed by atoms with van der Waals surface area (Å²) in [4.78, 5) is 3.21. The third-order valence-corrected chi connectivity index (χ3v) is 6.76. The van der Waals surface area contributed by atoms with Crippen molar-refractivity contribution in [3.05, 3.63) is 53.5 Å². The summed E-state index contributed by atoms with van der Waals surface area (Å²) in [7, 11) is -1.73. The van der Waals surface area contributed by atoms with Crippen LogP contribution in [0.3, 0.4) is 0 Å². The fraction of sp³-hybridized carbons (Fsp3) is 0.200. The van der Waals surface area contributed by atoms with Crippen LogP contribution in [0.15, 0.2) is 52.2 Å². The number of aromatic nitrogens is 1. The maximum Gasteiger partial charge on any atom is 0.252 e. The molecule has 0 fully saturated rings. The Balaban J connectivity index is 1.76. The maximum absolute atomic E-state index is 12.3. The van der Waals surface area contributed by atoms with Gasteiger partial charge in [-0.2, -0.15) is 4.31 Å². The van der Waals surface area contributed by atoms with Crippen molar-refractivity contribution in [1.29, 1.82) is 0 Å². The first-order valence-corrected chi connectivity index (χ1v) is 8.96. The topological polar surface area (TPSA) is 53.2 Å². The van der Waals surface area contributed by atoms with E-state index in [2.05, 4.69) is 11.1 Å². The van der Waals surface area contributed by atoms with Crippen LogP contribution in [0.4, 0.5) is 0 Å². The standard InChI is InChI=1S/C15H16N2O2S2/c1-17(21(18,19)15-7-4-10-20-15)9-8-12-11-16-14-6-3-2-5-13(12)14/h2-7,10-11,16H,8-9H2,1H3. The monoisotopic (exact) mass is 320 g/mol.